The largest absolute Gasteiger partial charge is 0.361 e. The van der Waals surface area contributed by atoms with E-state index in [2.05, 4.69) is 29.3 Å². The minimum Gasteiger partial charge on any atom is -0.361 e. The van der Waals surface area contributed by atoms with Crippen LogP contribution in [-0.2, 0) is 6.42 Å². The molecule has 2 rings (SSSR count). The highest BCUT2D eigenvalue weighted by Crippen LogP contribution is 2.19. The fourth-order valence-corrected chi connectivity index (χ4v) is 2.01. The summed E-state index contributed by atoms with van der Waals surface area (Å²) in [6, 6.07) is 4.87. The Bertz CT molecular complexity index is 505. The predicted octanol–water partition coefficient (Wildman–Crippen LogP) is 2.00. The molecule has 0 aliphatic carbocycles. The van der Waals surface area contributed by atoms with Gasteiger partial charge in [-0.15, -0.1) is 0 Å². The molecular weight excluding hydrogens is 229 g/mol. The van der Waals surface area contributed by atoms with Gasteiger partial charge < -0.3 is 15.2 Å². The second kappa shape index (κ2) is 5.98. The molecule has 0 fully saturated rings. The summed E-state index contributed by atoms with van der Waals surface area (Å²) >= 11 is 0. The third-order valence-corrected chi connectivity index (χ3v) is 3.04. The molecule has 3 nitrogen and oxygen atoms in total. The van der Waals surface area contributed by atoms with Gasteiger partial charge >= 0.3 is 0 Å². The molecule has 2 N–H and O–H groups in total. The van der Waals surface area contributed by atoms with E-state index in [9.17, 15) is 4.39 Å². The summed E-state index contributed by atoms with van der Waals surface area (Å²) in [4.78, 5) is 5.32. The molecule has 0 atom stereocenters. The molecule has 18 heavy (non-hydrogen) atoms. The highest BCUT2D eigenvalue weighted by Gasteiger charge is 2.04. The molecule has 98 valence electrons. The number of aromatic nitrogens is 1. The second-order valence-electron chi connectivity index (χ2n) is 4.81. The van der Waals surface area contributed by atoms with Crippen molar-refractivity contribution in [1.82, 2.24) is 15.2 Å². The number of H-pyrrole nitrogens is 1. The van der Waals surface area contributed by atoms with Crippen molar-refractivity contribution in [2.45, 2.75) is 6.42 Å². The fourth-order valence-electron chi connectivity index (χ4n) is 2.01. The summed E-state index contributed by atoms with van der Waals surface area (Å²) in [5, 5.41) is 4.38. The van der Waals surface area contributed by atoms with Gasteiger partial charge in [0.1, 0.15) is 5.82 Å². The summed E-state index contributed by atoms with van der Waals surface area (Å²) < 4.78 is 13.2. The lowest BCUT2D eigenvalue weighted by Gasteiger charge is -2.09. The lowest BCUT2D eigenvalue weighted by molar-refractivity contribution is 0.401. The SMILES string of the molecule is CN(C)CCNCCc1c[nH]c2ccc(F)cc12. The van der Waals surface area contributed by atoms with E-state index in [-0.39, 0.29) is 5.82 Å². The smallest absolute Gasteiger partial charge is 0.123 e. The number of aromatic amines is 1. The van der Waals surface area contributed by atoms with Crippen molar-refractivity contribution in [3.63, 3.8) is 0 Å². The number of benzene rings is 1. The van der Waals surface area contributed by atoms with Crippen LogP contribution in [0.5, 0.6) is 0 Å². The van der Waals surface area contributed by atoms with Gasteiger partial charge in [0.15, 0.2) is 0 Å². The number of fused-ring (bicyclic) bond motifs is 1. The summed E-state index contributed by atoms with van der Waals surface area (Å²) in [5.41, 5.74) is 2.17. The number of nitrogens with one attached hydrogen (secondary N) is 2. The third kappa shape index (κ3) is 3.31. The van der Waals surface area contributed by atoms with Gasteiger partial charge in [-0.1, -0.05) is 0 Å². The van der Waals surface area contributed by atoms with Gasteiger partial charge in [-0.2, -0.15) is 0 Å². The van der Waals surface area contributed by atoms with Crippen LogP contribution < -0.4 is 5.32 Å². The molecule has 1 heterocycles. The fraction of sp³-hybridized carbons (Fsp3) is 0.429. The highest BCUT2D eigenvalue weighted by molar-refractivity contribution is 5.83. The molecule has 0 amide bonds. The summed E-state index contributed by atoms with van der Waals surface area (Å²) in [7, 11) is 4.12. The Kier molecular flexibility index (Phi) is 4.33. The van der Waals surface area contributed by atoms with E-state index in [1.165, 1.54) is 11.6 Å². The predicted molar refractivity (Wildman–Crippen MR) is 73.4 cm³/mol. The van der Waals surface area contributed by atoms with E-state index in [1.807, 2.05) is 6.20 Å². The molecule has 0 aliphatic heterocycles. The van der Waals surface area contributed by atoms with E-state index in [0.29, 0.717) is 0 Å². The zero-order chi connectivity index (χ0) is 13.0. The van der Waals surface area contributed by atoms with Gasteiger partial charge in [0.05, 0.1) is 0 Å². The lowest BCUT2D eigenvalue weighted by Crippen LogP contribution is -2.27. The van der Waals surface area contributed by atoms with E-state index >= 15 is 0 Å². The first-order valence-corrected chi connectivity index (χ1v) is 6.28. The normalized spacial score (nSPS) is 11.6. The van der Waals surface area contributed by atoms with Crippen LogP contribution in [-0.4, -0.2) is 43.6 Å². The van der Waals surface area contributed by atoms with Crippen molar-refractivity contribution in [3.05, 3.63) is 35.8 Å². The van der Waals surface area contributed by atoms with Crippen molar-refractivity contribution in [2.24, 2.45) is 0 Å². The van der Waals surface area contributed by atoms with Gasteiger partial charge in [0.25, 0.3) is 0 Å². The maximum absolute atomic E-state index is 13.2. The molecule has 0 spiro atoms. The third-order valence-electron chi connectivity index (χ3n) is 3.04. The number of rotatable bonds is 6. The Morgan fingerprint density at radius 2 is 2.11 bits per heavy atom. The molecule has 1 aromatic carbocycles. The van der Waals surface area contributed by atoms with Crippen LogP contribution in [0, 0.1) is 5.82 Å². The maximum atomic E-state index is 13.2. The van der Waals surface area contributed by atoms with Gasteiger partial charge in [0.2, 0.25) is 0 Å². The van der Waals surface area contributed by atoms with E-state index in [0.717, 1.165) is 37.0 Å². The molecule has 0 saturated heterocycles. The summed E-state index contributed by atoms with van der Waals surface area (Å²) in [6.45, 7) is 2.92. The zero-order valence-electron chi connectivity index (χ0n) is 11.0. The van der Waals surface area contributed by atoms with E-state index in [1.54, 1.807) is 12.1 Å². The summed E-state index contributed by atoms with van der Waals surface area (Å²) in [5.74, 6) is -0.177. The monoisotopic (exact) mass is 249 g/mol. The van der Waals surface area contributed by atoms with Gasteiger partial charge in [-0.25, -0.2) is 4.39 Å². The lowest BCUT2D eigenvalue weighted by atomic mass is 10.1. The Hall–Kier alpha value is -1.39. The van der Waals surface area contributed by atoms with Crippen LogP contribution in [0.3, 0.4) is 0 Å². The number of hydrogen-bond acceptors (Lipinski definition) is 2. The molecule has 2 aromatic rings. The van der Waals surface area contributed by atoms with Crippen LogP contribution in [0.15, 0.2) is 24.4 Å². The molecule has 4 heteroatoms. The Morgan fingerprint density at radius 3 is 2.89 bits per heavy atom. The van der Waals surface area contributed by atoms with E-state index < -0.39 is 0 Å². The quantitative estimate of drug-likeness (QED) is 0.767. The number of likely N-dealkylation sites (N-methyl/N-ethyl adjacent to an activating group) is 1. The average molecular weight is 249 g/mol. The van der Waals surface area contributed by atoms with Crippen LogP contribution in [0.1, 0.15) is 5.56 Å². The van der Waals surface area contributed by atoms with Crippen LogP contribution in [0.4, 0.5) is 4.39 Å². The maximum Gasteiger partial charge on any atom is 0.123 e. The van der Waals surface area contributed by atoms with Crippen LogP contribution in [0.2, 0.25) is 0 Å². The molecule has 0 saturated carbocycles. The van der Waals surface area contributed by atoms with E-state index in [4.69, 9.17) is 0 Å². The first kappa shape index (κ1) is 13.1. The number of hydrogen-bond donors (Lipinski definition) is 2. The van der Waals surface area contributed by atoms with Crippen molar-refractivity contribution in [1.29, 1.82) is 0 Å². The van der Waals surface area contributed by atoms with Gasteiger partial charge in [0, 0.05) is 30.2 Å². The standard InChI is InChI=1S/C14H20FN3/c1-18(2)8-7-16-6-5-11-10-17-14-4-3-12(15)9-13(11)14/h3-4,9-10,16-17H,5-8H2,1-2H3. The Labute approximate surface area is 107 Å². The second-order valence-corrected chi connectivity index (χ2v) is 4.81. The van der Waals surface area contributed by atoms with Crippen molar-refractivity contribution >= 4 is 10.9 Å². The molecule has 0 unspecified atom stereocenters. The summed E-state index contributed by atoms with van der Waals surface area (Å²) in [6.07, 6.45) is 2.88. The Balaban J connectivity index is 1.89. The molecule has 0 aliphatic rings. The minimum atomic E-state index is -0.177. The van der Waals surface area contributed by atoms with Crippen molar-refractivity contribution < 1.29 is 4.39 Å². The van der Waals surface area contributed by atoms with Crippen LogP contribution in [0.25, 0.3) is 10.9 Å². The zero-order valence-corrected chi connectivity index (χ0v) is 11.0. The molecule has 0 radical (unpaired) electrons. The minimum absolute atomic E-state index is 0.177. The number of nitrogens with zero attached hydrogens (tertiary/aromatic N) is 1. The van der Waals surface area contributed by atoms with Crippen molar-refractivity contribution in [2.75, 3.05) is 33.7 Å². The number of halogens is 1. The average Bonchev–Trinajstić information content (AvgIpc) is 2.71. The van der Waals surface area contributed by atoms with Gasteiger partial charge in [-0.3, -0.25) is 0 Å². The van der Waals surface area contributed by atoms with Crippen molar-refractivity contribution in [3.8, 4) is 0 Å². The van der Waals surface area contributed by atoms with Gasteiger partial charge in [-0.05, 0) is 50.8 Å². The highest BCUT2D eigenvalue weighted by atomic mass is 19.1. The Morgan fingerprint density at radius 1 is 1.28 bits per heavy atom. The first-order valence-electron chi connectivity index (χ1n) is 6.28. The molecule has 1 aromatic heterocycles. The molecule has 0 bridgehead atoms. The molecular formula is C14H20FN3. The topological polar surface area (TPSA) is 31.1 Å². The first-order chi connectivity index (χ1) is 8.66. The van der Waals surface area contributed by atoms with Crippen LogP contribution >= 0.6 is 0 Å².